The third-order valence-corrected chi connectivity index (χ3v) is 5.45. The summed E-state index contributed by atoms with van der Waals surface area (Å²) in [5.41, 5.74) is 0. The predicted molar refractivity (Wildman–Crippen MR) is 102 cm³/mol. The minimum atomic E-state index is -3.78. The zero-order chi connectivity index (χ0) is 18.1. The molecular formula is C19H40O4S. The van der Waals surface area contributed by atoms with E-state index in [0.29, 0.717) is 12.5 Å². The van der Waals surface area contributed by atoms with Crippen molar-refractivity contribution in [2.45, 2.75) is 109 Å². The Bertz CT molecular complexity index is 354. The van der Waals surface area contributed by atoms with Gasteiger partial charge in [0, 0.05) is 7.11 Å². The van der Waals surface area contributed by atoms with E-state index in [-0.39, 0.29) is 5.75 Å². The van der Waals surface area contributed by atoms with E-state index in [4.69, 9.17) is 9.29 Å². The van der Waals surface area contributed by atoms with Crippen LogP contribution in [0, 0.1) is 0 Å². The molecule has 0 saturated carbocycles. The molecule has 1 unspecified atom stereocenters. The van der Waals surface area contributed by atoms with Gasteiger partial charge in [-0.15, -0.1) is 0 Å². The Labute approximate surface area is 150 Å². The van der Waals surface area contributed by atoms with Crippen molar-refractivity contribution in [3.05, 3.63) is 0 Å². The summed E-state index contributed by atoms with van der Waals surface area (Å²) < 4.78 is 35.4. The van der Waals surface area contributed by atoms with Crippen LogP contribution in [0.5, 0.6) is 0 Å². The van der Waals surface area contributed by atoms with Crippen LogP contribution in [-0.2, 0) is 14.9 Å². The predicted octanol–water partition coefficient (Wildman–Crippen LogP) is 5.76. The van der Waals surface area contributed by atoms with Gasteiger partial charge < -0.3 is 4.74 Å². The summed E-state index contributed by atoms with van der Waals surface area (Å²) in [7, 11) is -1.97. The first kappa shape index (κ1) is 23.9. The number of unbranched alkanes of at least 4 members (excludes halogenated alkanes) is 11. The standard InChI is InChI=1S/C19H40O4S/c1-3-4-5-6-7-8-10-13-16-19(23-2)17-14-11-9-12-15-18-24(20,21)22/h19H,3-18H2,1-2H3,(H,20,21,22). The van der Waals surface area contributed by atoms with Crippen molar-refractivity contribution < 1.29 is 17.7 Å². The normalized spacial score (nSPS) is 13.3. The van der Waals surface area contributed by atoms with Gasteiger partial charge in [0.1, 0.15) is 0 Å². The lowest BCUT2D eigenvalue weighted by molar-refractivity contribution is 0.0831. The lowest BCUT2D eigenvalue weighted by Crippen LogP contribution is -2.10. The first-order valence-corrected chi connectivity index (χ1v) is 11.6. The fourth-order valence-electron chi connectivity index (χ4n) is 3.07. The van der Waals surface area contributed by atoms with Gasteiger partial charge in [-0.2, -0.15) is 8.42 Å². The van der Waals surface area contributed by atoms with Crippen LogP contribution in [0.4, 0.5) is 0 Å². The second kappa shape index (κ2) is 16.3. The van der Waals surface area contributed by atoms with Gasteiger partial charge in [0.2, 0.25) is 0 Å². The van der Waals surface area contributed by atoms with Crippen molar-refractivity contribution in [2.24, 2.45) is 0 Å². The first-order valence-electron chi connectivity index (χ1n) is 9.97. The van der Waals surface area contributed by atoms with Crippen LogP contribution in [0.2, 0.25) is 0 Å². The molecule has 4 nitrogen and oxygen atoms in total. The molecule has 1 atom stereocenters. The van der Waals surface area contributed by atoms with Crippen LogP contribution < -0.4 is 0 Å². The molecule has 146 valence electrons. The van der Waals surface area contributed by atoms with Crippen molar-refractivity contribution in [2.75, 3.05) is 12.9 Å². The molecule has 0 aromatic rings. The first-order chi connectivity index (χ1) is 11.5. The van der Waals surface area contributed by atoms with Crippen LogP contribution >= 0.6 is 0 Å². The highest BCUT2D eigenvalue weighted by atomic mass is 32.2. The molecule has 5 heteroatoms. The Morgan fingerprint density at radius 2 is 1.17 bits per heavy atom. The Morgan fingerprint density at radius 1 is 0.750 bits per heavy atom. The average Bonchev–Trinajstić information content (AvgIpc) is 2.53. The second-order valence-corrected chi connectivity index (χ2v) is 8.54. The average molecular weight is 365 g/mol. The summed E-state index contributed by atoms with van der Waals surface area (Å²) in [6.45, 7) is 2.25. The molecule has 0 aromatic carbocycles. The molecule has 0 saturated heterocycles. The maximum atomic E-state index is 10.6. The van der Waals surface area contributed by atoms with Crippen LogP contribution in [0.3, 0.4) is 0 Å². The Hall–Kier alpha value is -0.130. The van der Waals surface area contributed by atoms with Gasteiger partial charge in [-0.3, -0.25) is 4.55 Å². The van der Waals surface area contributed by atoms with E-state index >= 15 is 0 Å². The maximum absolute atomic E-state index is 10.6. The van der Waals surface area contributed by atoms with Crippen LogP contribution in [0.1, 0.15) is 103 Å². The number of hydrogen-bond donors (Lipinski definition) is 1. The van der Waals surface area contributed by atoms with E-state index in [0.717, 1.165) is 38.5 Å². The van der Waals surface area contributed by atoms with Gasteiger partial charge in [-0.25, -0.2) is 0 Å². The smallest absolute Gasteiger partial charge is 0.264 e. The van der Waals surface area contributed by atoms with Crippen LogP contribution in [0.15, 0.2) is 0 Å². The largest absolute Gasteiger partial charge is 0.381 e. The molecular weight excluding hydrogens is 324 g/mol. The third-order valence-electron chi connectivity index (χ3n) is 4.64. The van der Waals surface area contributed by atoms with Crippen molar-refractivity contribution in [3.8, 4) is 0 Å². The molecule has 24 heavy (non-hydrogen) atoms. The van der Waals surface area contributed by atoms with Gasteiger partial charge in [0.05, 0.1) is 11.9 Å². The zero-order valence-corrected chi connectivity index (χ0v) is 16.8. The highest BCUT2D eigenvalue weighted by Crippen LogP contribution is 2.16. The monoisotopic (exact) mass is 364 g/mol. The van der Waals surface area contributed by atoms with E-state index in [2.05, 4.69) is 6.92 Å². The Morgan fingerprint density at radius 3 is 1.58 bits per heavy atom. The summed E-state index contributed by atoms with van der Waals surface area (Å²) in [4.78, 5) is 0. The Kier molecular flexibility index (Phi) is 16.3. The van der Waals surface area contributed by atoms with Gasteiger partial charge in [0.25, 0.3) is 10.1 Å². The highest BCUT2D eigenvalue weighted by Gasteiger charge is 2.07. The molecule has 0 aliphatic carbocycles. The quantitative estimate of drug-likeness (QED) is 0.248. The molecule has 0 aliphatic heterocycles. The lowest BCUT2D eigenvalue weighted by atomic mass is 10.0. The SMILES string of the molecule is CCCCCCCCCCC(CCCCCCCS(=O)(=O)O)OC. The number of rotatable bonds is 18. The molecule has 0 radical (unpaired) electrons. The van der Waals surface area contributed by atoms with Crippen LogP contribution in [0.25, 0.3) is 0 Å². The van der Waals surface area contributed by atoms with E-state index in [9.17, 15) is 8.42 Å². The van der Waals surface area contributed by atoms with E-state index in [1.165, 1.54) is 51.4 Å². The highest BCUT2D eigenvalue weighted by molar-refractivity contribution is 7.85. The minimum absolute atomic E-state index is 0.105. The second-order valence-electron chi connectivity index (χ2n) is 6.96. The summed E-state index contributed by atoms with van der Waals surface area (Å²) in [5.74, 6) is -0.105. The summed E-state index contributed by atoms with van der Waals surface area (Å²) in [6, 6.07) is 0. The molecule has 0 aliphatic rings. The van der Waals surface area contributed by atoms with Gasteiger partial charge >= 0.3 is 0 Å². The molecule has 0 aromatic heterocycles. The molecule has 0 rings (SSSR count). The molecule has 0 heterocycles. The number of methoxy groups -OCH3 is 1. The fourth-order valence-corrected chi connectivity index (χ4v) is 3.64. The maximum Gasteiger partial charge on any atom is 0.264 e. The van der Waals surface area contributed by atoms with Crippen molar-refractivity contribution in [1.29, 1.82) is 0 Å². The third kappa shape index (κ3) is 18.2. The van der Waals surface area contributed by atoms with Gasteiger partial charge in [-0.05, 0) is 19.3 Å². The molecule has 0 fully saturated rings. The molecule has 0 amide bonds. The van der Waals surface area contributed by atoms with Crippen molar-refractivity contribution in [1.82, 2.24) is 0 Å². The molecule has 1 N–H and O–H groups in total. The zero-order valence-electron chi connectivity index (χ0n) is 16.0. The van der Waals surface area contributed by atoms with E-state index in [1.807, 2.05) is 7.11 Å². The van der Waals surface area contributed by atoms with Crippen LogP contribution in [-0.4, -0.2) is 31.9 Å². The van der Waals surface area contributed by atoms with E-state index in [1.54, 1.807) is 0 Å². The summed E-state index contributed by atoms with van der Waals surface area (Å²) in [6.07, 6.45) is 18.1. The van der Waals surface area contributed by atoms with Crippen molar-refractivity contribution in [3.63, 3.8) is 0 Å². The summed E-state index contributed by atoms with van der Waals surface area (Å²) in [5, 5.41) is 0. The van der Waals surface area contributed by atoms with Gasteiger partial charge in [0.15, 0.2) is 0 Å². The number of ether oxygens (including phenoxy) is 1. The summed E-state index contributed by atoms with van der Waals surface area (Å²) >= 11 is 0. The molecule has 0 bridgehead atoms. The van der Waals surface area contributed by atoms with E-state index < -0.39 is 10.1 Å². The fraction of sp³-hybridized carbons (Fsp3) is 1.00. The lowest BCUT2D eigenvalue weighted by Gasteiger charge is -2.15. The topological polar surface area (TPSA) is 63.6 Å². The molecule has 0 spiro atoms. The van der Waals surface area contributed by atoms with Crippen molar-refractivity contribution >= 4 is 10.1 Å². The Balaban J connectivity index is 3.40. The minimum Gasteiger partial charge on any atom is -0.381 e. The van der Waals surface area contributed by atoms with Gasteiger partial charge in [-0.1, -0.05) is 84.0 Å². The number of hydrogen-bond acceptors (Lipinski definition) is 3.